The van der Waals surface area contributed by atoms with E-state index in [2.05, 4.69) is 19.6 Å². The van der Waals surface area contributed by atoms with Gasteiger partial charge < -0.3 is 9.64 Å². The molecule has 1 amide bonds. The Morgan fingerprint density at radius 2 is 2.09 bits per heavy atom. The molecule has 0 fully saturated rings. The summed E-state index contributed by atoms with van der Waals surface area (Å²) in [6.07, 6.45) is 6.57. The van der Waals surface area contributed by atoms with E-state index >= 15 is 0 Å². The molecule has 0 unspecified atom stereocenters. The van der Waals surface area contributed by atoms with Crippen LogP contribution < -0.4 is 4.74 Å². The molecule has 0 radical (unpaired) electrons. The molecule has 120 valence electrons. The van der Waals surface area contributed by atoms with E-state index in [1.165, 1.54) is 0 Å². The Bertz CT molecular complexity index is 544. The predicted octanol–water partition coefficient (Wildman–Crippen LogP) is 3.92. The molecule has 0 atom stereocenters. The van der Waals surface area contributed by atoms with Crippen molar-refractivity contribution in [2.45, 2.75) is 33.1 Å². The van der Waals surface area contributed by atoms with Gasteiger partial charge in [-0.1, -0.05) is 38.1 Å². The summed E-state index contributed by atoms with van der Waals surface area (Å²) in [5.74, 6) is 0.927. The van der Waals surface area contributed by atoms with Gasteiger partial charge in [-0.3, -0.25) is 4.79 Å². The van der Waals surface area contributed by atoms with Crippen LogP contribution in [0.3, 0.4) is 0 Å². The van der Waals surface area contributed by atoms with Crippen LogP contribution in [-0.2, 0) is 11.2 Å². The summed E-state index contributed by atoms with van der Waals surface area (Å²) in [7, 11) is 3.54. The van der Waals surface area contributed by atoms with Gasteiger partial charge in [0.15, 0.2) is 0 Å². The number of carbonyl (C=O) groups is 1. The number of allylic oxidation sites excluding steroid dienone is 1. The second-order valence-corrected chi connectivity index (χ2v) is 5.61. The first-order chi connectivity index (χ1) is 10.5. The van der Waals surface area contributed by atoms with E-state index in [0.29, 0.717) is 13.0 Å². The molecule has 0 bridgehead atoms. The SMILES string of the molecule is C=C/C(=C\CCC)COc1ccc(CC(=O)N(C)C)c(C)c1. The van der Waals surface area contributed by atoms with Gasteiger partial charge in [-0.15, -0.1) is 0 Å². The molecule has 0 spiro atoms. The fourth-order valence-electron chi connectivity index (χ4n) is 1.98. The maximum atomic E-state index is 11.8. The van der Waals surface area contributed by atoms with Gasteiger partial charge >= 0.3 is 0 Å². The third kappa shape index (κ3) is 5.76. The Morgan fingerprint density at radius 1 is 1.36 bits per heavy atom. The third-order valence-corrected chi connectivity index (χ3v) is 3.52. The van der Waals surface area contributed by atoms with E-state index in [9.17, 15) is 4.79 Å². The van der Waals surface area contributed by atoms with Crippen LogP contribution in [0.4, 0.5) is 0 Å². The lowest BCUT2D eigenvalue weighted by molar-refractivity contribution is -0.127. The number of hydrogen-bond donors (Lipinski definition) is 0. The Balaban J connectivity index is 2.69. The first kappa shape index (κ1) is 18.0. The van der Waals surface area contributed by atoms with E-state index in [1.807, 2.05) is 31.2 Å². The first-order valence-electron chi connectivity index (χ1n) is 7.71. The zero-order chi connectivity index (χ0) is 16.5. The average Bonchev–Trinajstić information content (AvgIpc) is 2.49. The summed E-state index contributed by atoms with van der Waals surface area (Å²) in [4.78, 5) is 13.4. The lowest BCUT2D eigenvalue weighted by Gasteiger charge is -2.13. The molecule has 1 aromatic carbocycles. The van der Waals surface area contributed by atoms with Crippen LogP contribution in [0.15, 0.2) is 42.5 Å². The molecule has 0 aliphatic rings. The van der Waals surface area contributed by atoms with Gasteiger partial charge in [0.2, 0.25) is 5.91 Å². The molecule has 0 saturated heterocycles. The number of unbranched alkanes of at least 4 members (excludes halogenated alkanes) is 1. The number of hydrogen-bond acceptors (Lipinski definition) is 2. The highest BCUT2D eigenvalue weighted by Gasteiger charge is 2.08. The van der Waals surface area contributed by atoms with Gasteiger partial charge in [0.1, 0.15) is 12.4 Å². The van der Waals surface area contributed by atoms with Gasteiger partial charge in [-0.25, -0.2) is 0 Å². The normalized spacial score (nSPS) is 11.2. The smallest absolute Gasteiger partial charge is 0.226 e. The van der Waals surface area contributed by atoms with E-state index in [-0.39, 0.29) is 5.91 Å². The van der Waals surface area contributed by atoms with Crippen molar-refractivity contribution in [2.75, 3.05) is 20.7 Å². The van der Waals surface area contributed by atoms with Crippen LogP contribution in [-0.4, -0.2) is 31.5 Å². The molecular weight excluding hydrogens is 274 g/mol. The number of benzene rings is 1. The summed E-state index contributed by atoms with van der Waals surface area (Å²) in [5, 5.41) is 0. The van der Waals surface area contributed by atoms with Crippen LogP contribution in [0.25, 0.3) is 0 Å². The number of rotatable bonds is 8. The molecule has 0 aliphatic carbocycles. The highest BCUT2D eigenvalue weighted by Crippen LogP contribution is 2.19. The third-order valence-electron chi connectivity index (χ3n) is 3.52. The lowest BCUT2D eigenvalue weighted by Crippen LogP contribution is -2.23. The highest BCUT2D eigenvalue weighted by molar-refractivity contribution is 5.78. The zero-order valence-electron chi connectivity index (χ0n) is 14.2. The minimum atomic E-state index is 0.105. The largest absolute Gasteiger partial charge is 0.489 e. The van der Waals surface area contributed by atoms with Gasteiger partial charge in [-0.05, 0) is 42.2 Å². The van der Waals surface area contributed by atoms with Gasteiger partial charge in [-0.2, -0.15) is 0 Å². The number of aryl methyl sites for hydroxylation is 1. The van der Waals surface area contributed by atoms with Crippen molar-refractivity contribution in [3.8, 4) is 5.75 Å². The quantitative estimate of drug-likeness (QED) is 0.681. The second-order valence-electron chi connectivity index (χ2n) is 5.61. The molecule has 0 heterocycles. The minimum absolute atomic E-state index is 0.105. The number of ether oxygens (including phenoxy) is 1. The lowest BCUT2D eigenvalue weighted by atomic mass is 10.0. The summed E-state index contributed by atoms with van der Waals surface area (Å²) in [6.45, 7) is 8.50. The summed E-state index contributed by atoms with van der Waals surface area (Å²) in [6, 6.07) is 5.88. The van der Waals surface area contributed by atoms with Crippen molar-refractivity contribution in [3.05, 3.63) is 53.6 Å². The molecule has 0 saturated carbocycles. The van der Waals surface area contributed by atoms with E-state index in [4.69, 9.17) is 4.74 Å². The van der Waals surface area contributed by atoms with E-state index in [0.717, 1.165) is 35.3 Å². The van der Waals surface area contributed by atoms with E-state index < -0.39 is 0 Å². The van der Waals surface area contributed by atoms with Crippen molar-refractivity contribution in [1.82, 2.24) is 4.90 Å². The van der Waals surface area contributed by atoms with Crippen LogP contribution in [0.5, 0.6) is 5.75 Å². The molecule has 1 rings (SSSR count). The number of amides is 1. The van der Waals surface area contributed by atoms with Gasteiger partial charge in [0.25, 0.3) is 0 Å². The predicted molar refractivity (Wildman–Crippen MR) is 92.3 cm³/mol. The Morgan fingerprint density at radius 3 is 2.64 bits per heavy atom. The second kappa shape index (κ2) is 9.08. The topological polar surface area (TPSA) is 29.5 Å². The van der Waals surface area contributed by atoms with Crippen molar-refractivity contribution >= 4 is 5.91 Å². The van der Waals surface area contributed by atoms with Gasteiger partial charge in [0.05, 0.1) is 6.42 Å². The molecule has 1 aromatic rings. The number of likely N-dealkylation sites (N-methyl/N-ethyl adjacent to an activating group) is 1. The number of carbonyl (C=O) groups excluding carboxylic acids is 1. The molecule has 0 aliphatic heterocycles. The molecule has 0 N–H and O–H groups in total. The Labute approximate surface area is 134 Å². The van der Waals surface area contributed by atoms with Gasteiger partial charge in [0, 0.05) is 14.1 Å². The Hall–Kier alpha value is -2.03. The van der Waals surface area contributed by atoms with Crippen molar-refractivity contribution < 1.29 is 9.53 Å². The fourth-order valence-corrected chi connectivity index (χ4v) is 1.98. The Kier molecular flexibility index (Phi) is 7.44. The van der Waals surface area contributed by atoms with Crippen molar-refractivity contribution in [3.63, 3.8) is 0 Å². The van der Waals surface area contributed by atoms with Crippen molar-refractivity contribution in [1.29, 1.82) is 0 Å². The molecule has 22 heavy (non-hydrogen) atoms. The maximum absolute atomic E-state index is 11.8. The molecule has 0 aromatic heterocycles. The monoisotopic (exact) mass is 301 g/mol. The maximum Gasteiger partial charge on any atom is 0.226 e. The fraction of sp³-hybridized carbons (Fsp3) is 0.421. The highest BCUT2D eigenvalue weighted by atomic mass is 16.5. The van der Waals surface area contributed by atoms with E-state index in [1.54, 1.807) is 19.0 Å². The van der Waals surface area contributed by atoms with Crippen LogP contribution in [0.2, 0.25) is 0 Å². The standard InChI is InChI=1S/C19H27NO2/c1-6-8-9-16(7-2)14-22-18-11-10-17(15(3)12-18)13-19(21)20(4)5/h7,9-12H,2,6,8,13-14H2,1,3-5H3/b16-9+. The van der Waals surface area contributed by atoms with Crippen molar-refractivity contribution in [2.24, 2.45) is 0 Å². The first-order valence-corrected chi connectivity index (χ1v) is 7.71. The van der Waals surface area contributed by atoms with Crippen LogP contribution >= 0.6 is 0 Å². The average molecular weight is 301 g/mol. The number of nitrogens with zero attached hydrogens (tertiary/aromatic N) is 1. The molecular formula is C19H27NO2. The summed E-state index contributed by atoms with van der Waals surface area (Å²) < 4.78 is 5.81. The minimum Gasteiger partial charge on any atom is -0.489 e. The zero-order valence-corrected chi connectivity index (χ0v) is 14.2. The van der Waals surface area contributed by atoms with Crippen LogP contribution in [0, 0.1) is 6.92 Å². The molecule has 3 heteroatoms. The molecule has 3 nitrogen and oxygen atoms in total. The summed E-state index contributed by atoms with van der Waals surface area (Å²) in [5.41, 5.74) is 3.22. The van der Waals surface area contributed by atoms with Crippen LogP contribution in [0.1, 0.15) is 30.9 Å². The summed E-state index contributed by atoms with van der Waals surface area (Å²) >= 11 is 0.